The predicted octanol–water partition coefficient (Wildman–Crippen LogP) is 5.36. The lowest BCUT2D eigenvalue weighted by Crippen LogP contribution is -2.45. The van der Waals surface area contributed by atoms with Crippen molar-refractivity contribution in [2.75, 3.05) is 26.2 Å². The van der Waals surface area contributed by atoms with Crippen molar-refractivity contribution in [3.8, 4) is 0 Å². The van der Waals surface area contributed by atoms with Crippen LogP contribution in [0.5, 0.6) is 0 Å². The van der Waals surface area contributed by atoms with Crippen LogP contribution in [0.2, 0.25) is 0 Å². The van der Waals surface area contributed by atoms with Gasteiger partial charge in [-0.05, 0) is 51.5 Å². The Kier molecular flexibility index (Phi) is 9.36. The molecular formula is C27H44N2O4. The Hall–Kier alpha value is -2.08. The van der Waals surface area contributed by atoms with E-state index in [1.54, 1.807) is 0 Å². The molecular weight excluding hydrogens is 416 g/mol. The van der Waals surface area contributed by atoms with Crippen LogP contribution in [0.3, 0.4) is 0 Å². The molecule has 0 radical (unpaired) electrons. The van der Waals surface area contributed by atoms with Crippen LogP contribution in [-0.4, -0.2) is 59.7 Å². The van der Waals surface area contributed by atoms with Gasteiger partial charge in [0, 0.05) is 38.1 Å². The second kappa shape index (κ2) is 11.4. The molecule has 0 spiro atoms. The lowest BCUT2D eigenvalue weighted by molar-refractivity contribution is -0.147. The van der Waals surface area contributed by atoms with E-state index in [2.05, 4.69) is 29.2 Å². The van der Waals surface area contributed by atoms with Crippen LogP contribution in [0.15, 0.2) is 30.3 Å². The second-order valence-electron chi connectivity index (χ2n) is 11.8. The molecule has 1 aliphatic heterocycles. The predicted molar refractivity (Wildman–Crippen MR) is 132 cm³/mol. The SMILES string of the molecule is CC(C)N(CC1CN(Cc2ccccc2)C[C@@H]1COC(=O)CC(C)(C)C)C(=O)OC(C)(C)C. The van der Waals surface area contributed by atoms with Crippen molar-refractivity contribution in [2.24, 2.45) is 17.3 Å². The van der Waals surface area contributed by atoms with Gasteiger partial charge in [0.1, 0.15) is 5.60 Å². The molecule has 0 N–H and O–H groups in total. The van der Waals surface area contributed by atoms with Gasteiger partial charge in [-0.2, -0.15) is 0 Å². The maximum Gasteiger partial charge on any atom is 0.410 e. The van der Waals surface area contributed by atoms with E-state index in [0.717, 1.165) is 19.6 Å². The van der Waals surface area contributed by atoms with Crippen molar-refractivity contribution in [1.29, 1.82) is 0 Å². The quantitative estimate of drug-likeness (QED) is 0.489. The topological polar surface area (TPSA) is 59.1 Å². The van der Waals surface area contributed by atoms with Gasteiger partial charge in [-0.1, -0.05) is 51.1 Å². The van der Waals surface area contributed by atoms with Crippen LogP contribution in [-0.2, 0) is 20.8 Å². The van der Waals surface area contributed by atoms with Crippen LogP contribution < -0.4 is 0 Å². The fourth-order valence-corrected chi connectivity index (χ4v) is 4.16. The van der Waals surface area contributed by atoms with E-state index in [9.17, 15) is 9.59 Å². The highest BCUT2D eigenvalue weighted by molar-refractivity contribution is 5.70. The summed E-state index contributed by atoms with van der Waals surface area (Å²) >= 11 is 0. The maximum atomic E-state index is 12.9. The van der Waals surface area contributed by atoms with Crippen LogP contribution in [0.4, 0.5) is 4.79 Å². The van der Waals surface area contributed by atoms with Crippen molar-refractivity contribution in [3.05, 3.63) is 35.9 Å². The van der Waals surface area contributed by atoms with Crippen molar-refractivity contribution >= 4 is 12.1 Å². The van der Waals surface area contributed by atoms with Crippen LogP contribution in [0.25, 0.3) is 0 Å². The molecule has 1 heterocycles. The Morgan fingerprint density at radius 3 is 2.18 bits per heavy atom. The average molecular weight is 461 g/mol. The van der Waals surface area contributed by atoms with E-state index >= 15 is 0 Å². The number of esters is 1. The highest BCUT2D eigenvalue weighted by Crippen LogP contribution is 2.28. The number of carbonyl (C=O) groups is 2. The number of nitrogens with zero attached hydrogens (tertiary/aromatic N) is 2. The molecule has 1 aromatic carbocycles. The van der Waals surface area contributed by atoms with Gasteiger partial charge in [0.15, 0.2) is 0 Å². The lowest BCUT2D eigenvalue weighted by atomic mass is 9.92. The lowest BCUT2D eigenvalue weighted by Gasteiger charge is -2.33. The molecule has 186 valence electrons. The first-order valence-electron chi connectivity index (χ1n) is 12.1. The zero-order valence-corrected chi connectivity index (χ0v) is 21.9. The highest BCUT2D eigenvalue weighted by atomic mass is 16.6. The van der Waals surface area contributed by atoms with E-state index < -0.39 is 5.60 Å². The fourth-order valence-electron chi connectivity index (χ4n) is 4.16. The second-order valence-corrected chi connectivity index (χ2v) is 11.8. The molecule has 33 heavy (non-hydrogen) atoms. The molecule has 6 heteroatoms. The van der Waals surface area contributed by atoms with Crippen molar-refractivity contribution < 1.29 is 19.1 Å². The highest BCUT2D eigenvalue weighted by Gasteiger charge is 2.37. The molecule has 2 atom stereocenters. The zero-order valence-electron chi connectivity index (χ0n) is 21.9. The summed E-state index contributed by atoms with van der Waals surface area (Å²) in [6, 6.07) is 10.4. The van der Waals surface area contributed by atoms with E-state index in [1.807, 2.05) is 66.4 Å². The summed E-state index contributed by atoms with van der Waals surface area (Å²) in [5.74, 6) is 0.211. The Bertz CT molecular complexity index is 765. The molecule has 1 aromatic rings. The Morgan fingerprint density at radius 2 is 1.64 bits per heavy atom. The number of likely N-dealkylation sites (tertiary alicyclic amines) is 1. The van der Waals surface area contributed by atoms with Crippen LogP contribution in [0, 0.1) is 17.3 Å². The monoisotopic (exact) mass is 460 g/mol. The van der Waals surface area contributed by atoms with Crippen LogP contribution >= 0.6 is 0 Å². The molecule has 1 unspecified atom stereocenters. The third-order valence-electron chi connectivity index (χ3n) is 5.72. The van der Waals surface area contributed by atoms with Gasteiger partial charge in [0.2, 0.25) is 0 Å². The number of hydrogen-bond donors (Lipinski definition) is 0. The van der Waals surface area contributed by atoms with Gasteiger partial charge in [-0.25, -0.2) is 4.79 Å². The van der Waals surface area contributed by atoms with Gasteiger partial charge in [-0.3, -0.25) is 9.69 Å². The van der Waals surface area contributed by atoms with Crippen molar-refractivity contribution in [1.82, 2.24) is 9.80 Å². The summed E-state index contributed by atoms with van der Waals surface area (Å²) in [6.07, 6.45) is 0.108. The molecule has 1 amide bonds. The van der Waals surface area contributed by atoms with Gasteiger partial charge in [0.25, 0.3) is 0 Å². The van der Waals surface area contributed by atoms with Gasteiger partial charge in [0.05, 0.1) is 13.0 Å². The number of ether oxygens (including phenoxy) is 2. The normalized spacial score (nSPS) is 19.5. The van der Waals surface area contributed by atoms with E-state index in [1.165, 1.54) is 5.56 Å². The maximum absolute atomic E-state index is 12.9. The molecule has 0 saturated carbocycles. The van der Waals surface area contributed by atoms with Gasteiger partial charge >= 0.3 is 12.1 Å². The van der Waals surface area contributed by atoms with Gasteiger partial charge < -0.3 is 14.4 Å². The summed E-state index contributed by atoms with van der Waals surface area (Å²) < 4.78 is 11.4. The first kappa shape index (κ1) is 27.2. The molecule has 0 aliphatic carbocycles. The number of rotatable bonds is 8. The molecule has 0 bridgehead atoms. The smallest absolute Gasteiger partial charge is 0.410 e. The summed E-state index contributed by atoms with van der Waals surface area (Å²) in [7, 11) is 0. The molecule has 0 aromatic heterocycles. The minimum Gasteiger partial charge on any atom is -0.465 e. The van der Waals surface area contributed by atoms with E-state index in [0.29, 0.717) is 19.6 Å². The number of carbonyl (C=O) groups excluding carboxylic acids is 2. The Balaban J connectivity index is 2.11. The fraction of sp³-hybridized carbons (Fsp3) is 0.704. The first-order chi connectivity index (χ1) is 15.2. The number of amides is 1. The number of benzene rings is 1. The van der Waals surface area contributed by atoms with Crippen molar-refractivity contribution in [2.45, 2.75) is 80.0 Å². The molecule has 1 aliphatic rings. The minimum atomic E-state index is -0.541. The molecule has 2 rings (SSSR count). The largest absolute Gasteiger partial charge is 0.465 e. The van der Waals surface area contributed by atoms with E-state index in [4.69, 9.17) is 9.47 Å². The summed E-state index contributed by atoms with van der Waals surface area (Å²) in [5, 5.41) is 0. The summed E-state index contributed by atoms with van der Waals surface area (Å²) in [4.78, 5) is 29.5. The van der Waals surface area contributed by atoms with Gasteiger partial charge in [-0.15, -0.1) is 0 Å². The minimum absolute atomic E-state index is 0.0205. The Morgan fingerprint density at radius 1 is 1.03 bits per heavy atom. The summed E-state index contributed by atoms with van der Waals surface area (Å²) in [5.41, 5.74) is 0.618. The standard InChI is InChI=1S/C27H44N2O4/c1-20(2)29(25(31)33-27(6,7)8)18-22-16-28(15-21-12-10-9-11-13-21)17-23(22)19-32-24(30)14-26(3,4)5/h9-13,20,22-23H,14-19H2,1-8H3/t22?,23-/m1/s1. The number of hydrogen-bond acceptors (Lipinski definition) is 5. The molecule has 1 fully saturated rings. The zero-order chi connectivity index (χ0) is 24.8. The first-order valence-corrected chi connectivity index (χ1v) is 12.1. The third kappa shape index (κ3) is 9.75. The Labute approximate surface area is 200 Å². The molecule has 6 nitrogen and oxygen atoms in total. The van der Waals surface area contributed by atoms with E-state index in [-0.39, 0.29) is 35.4 Å². The summed E-state index contributed by atoms with van der Waals surface area (Å²) in [6.45, 7) is 19.3. The van der Waals surface area contributed by atoms with Crippen LogP contribution in [0.1, 0.15) is 67.4 Å². The average Bonchev–Trinajstić information content (AvgIpc) is 3.03. The van der Waals surface area contributed by atoms with Crippen molar-refractivity contribution in [3.63, 3.8) is 0 Å². The third-order valence-corrected chi connectivity index (χ3v) is 5.72. The molecule has 1 saturated heterocycles.